The summed E-state index contributed by atoms with van der Waals surface area (Å²) < 4.78 is 11.5. The van der Waals surface area contributed by atoms with Gasteiger partial charge in [0.1, 0.15) is 6.61 Å². The largest absolute Gasteiger partial charge is 0.473 e. The van der Waals surface area contributed by atoms with Crippen LogP contribution in [-0.2, 0) is 17.9 Å². The van der Waals surface area contributed by atoms with E-state index in [2.05, 4.69) is 39.2 Å². The summed E-state index contributed by atoms with van der Waals surface area (Å²) in [5.74, 6) is 1.62. The number of ether oxygens (including phenoxy) is 2. The third kappa shape index (κ3) is 6.79. The van der Waals surface area contributed by atoms with E-state index in [0.29, 0.717) is 25.1 Å². The van der Waals surface area contributed by atoms with E-state index in [1.54, 1.807) is 6.20 Å². The molecule has 0 bridgehead atoms. The Morgan fingerprint density at radius 2 is 1.97 bits per heavy atom. The van der Waals surface area contributed by atoms with E-state index in [9.17, 15) is 0 Å². The van der Waals surface area contributed by atoms with E-state index in [4.69, 9.17) is 14.5 Å². The average molecular weight is 551 g/mol. The van der Waals surface area contributed by atoms with E-state index in [1.807, 2.05) is 30.3 Å². The van der Waals surface area contributed by atoms with Crippen molar-refractivity contribution in [2.75, 3.05) is 45.9 Å². The molecular formula is C24H34IN5O2. The molecule has 3 heterocycles. The predicted molar refractivity (Wildman–Crippen MR) is 138 cm³/mol. The molecule has 0 radical (unpaired) electrons. The Labute approximate surface area is 208 Å². The van der Waals surface area contributed by atoms with Crippen LogP contribution in [0.2, 0.25) is 0 Å². The number of hydrogen-bond acceptors (Lipinski definition) is 5. The van der Waals surface area contributed by atoms with Gasteiger partial charge in [-0.15, -0.1) is 24.0 Å². The standard InChI is InChI=1S/C24H33N5O2.HI/c1-2-25-24(29-12-10-22(18-29)28-13-15-30-16-14-28)27-17-21-9-6-11-26-23(21)31-19-20-7-4-3-5-8-20;/h3-9,11,22H,2,10,12-19H2,1H3,(H,25,27);1H. The lowest BCUT2D eigenvalue weighted by molar-refractivity contribution is 0.0195. The average Bonchev–Trinajstić information content (AvgIpc) is 3.32. The molecule has 2 aliphatic rings. The van der Waals surface area contributed by atoms with Crippen LogP contribution in [0.4, 0.5) is 0 Å². The first-order chi connectivity index (χ1) is 15.3. The molecule has 0 aliphatic carbocycles. The van der Waals surface area contributed by atoms with Gasteiger partial charge in [0, 0.05) is 50.5 Å². The van der Waals surface area contributed by atoms with Gasteiger partial charge in [-0.05, 0) is 25.0 Å². The minimum atomic E-state index is 0. The number of aromatic nitrogens is 1. The summed E-state index contributed by atoms with van der Waals surface area (Å²) in [5.41, 5.74) is 2.12. The van der Waals surface area contributed by atoms with Crippen LogP contribution in [0.3, 0.4) is 0 Å². The van der Waals surface area contributed by atoms with Crippen LogP contribution in [0.15, 0.2) is 53.7 Å². The minimum Gasteiger partial charge on any atom is -0.473 e. The number of rotatable bonds is 7. The monoisotopic (exact) mass is 551 g/mol. The number of guanidine groups is 1. The topological polar surface area (TPSA) is 62.2 Å². The molecule has 2 fully saturated rings. The van der Waals surface area contributed by atoms with Gasteiger partial charge in [-0.2, -0.15) is 0 Å². The van der Waals surface area contributed by atoms with Gasteiger partial charge in [0.2, 0.25) is 5.88 Å². The van der Waals surface area contributed by atoms with Crippen LogP contribution >= 0.6 is 24.0 Å². The van der Waals surface area contributed by atoms with E-state index in [1.165, 1.54) is 6.42 Å². The van der Waals surface area contributed by atoms with E-state index >= 15 is 0 Å². The zero-order chi connectivity index (χ0) is 21.3. The van der Waals surface area contributed by atoms with Gasteiger partial charge < -0.3 is 19.7 Å². The first kappa shape index (κ1) is 24.7. The van der Waals surface area contributed by atoms with Crippen molar-refractivity contribution in [2.24, 2.45) is 4.99 Å². The van der Waals surface area contributed by atoms with E-state index in [0.717, 1.165) is 63.0 Å². The van der Waals surface area contributed by atoms with Gasteiger partial charge in [0.05, 0.1) is 19.8 Å². The van der Waals surface area contributed by atoms with E-state index < -0.39 is 0 Å². The Kier molecular flexibility index (Phi) is 10.0. The Balaban J connectivity index is 0.00000289. The van der Waals surface area contributed by atoms with Crippen molar-refractivity contribution < 1.29 is 9.47 Å². The molecule has 174 valence electrons. The number of nitrogens with zero attached hydrogens (tertiary/aromatic N) is 4. The number of morpholine rings is 1. The highest BCUT2D eigenvalue weighted by Gasteiger charge is 2.30. The maximum atomic E-state index is 6.00. The van der Waals surface area contributed by atoms with Crippen LogP contribution in [0.5, 0.6) is 5.88 Å². The lowest BCUT2D eigenvalue weighted by atomic mass is 10.2. The number of hydrogen-bond donors (Lipinski definition) is 1. The molecule has 1 aromatic heterocycles. The van der Waals surface area contributed by atoms with Crippen molar-refractivity contribution in [3.63, 3.8) is 0 Å². The Bertz CT molecular complexity index is 845. The van der Waals surface area contributed by atoms with Crippen LogP contribution in [0, 0.1) is 0 Å². The second kappa shape index (κ2) is 13.0. The summed E-state index contributed by atoms with van der Waals surface area (Å²) in [6.45, 7) is 9.80. The SMILES string of the molecule is CCNC(=NCc1cccnc1OCc1ccccc1)N1CCC(N2CCOCC2)C1.I. The summed E-state index contributed by atoms with van der Waals surface area (Å²) in [5, 5.41) is 3.47. The number of pyridine rings is 1. The Morgan fingerprint density at radius 3 is 2.75 bits per heavy atom. The molecular weight excluding hydrogens is 517 g/mol. The highest BCUT2D eigenvalue weighted by molar-refractivity contribution is 14.0. The van der Waals surface area contributed by atoms with Gasteiger partial charge in [0.15, 0.2) is 5.96 Å². The highest BCUT2D eigenvalue weighted by Crippen LogP contribution is 2.19. The maximum Gasteiger partial charge on any atom is 0.218 e. The van der Waals surface area contributed by atoms with Crippen LogP contribution < -0.4 is 10.1 Å². The van der Waals surface area contributed by atoms with Crippen LogP contribution in [0.25, 0.3) is 0 Å². The lowest BCUT2D eigenvalue weighted by Gasteiger charge is -2.32. The quantitative estimate of drug-likeness (QED) is 0.324. The molecule has 1 aromatic carbocycles. The number of likely N-dealkylation sites (tertiary alicyclic amines) is 1. The zero-order valence-corrected chi connectivity index (χ0v) is 21.1. The molecule has 32 heavy (non-hydrogen) atoms. The Morgan fingerprint density at radius 1 is 1.16 bits per heavy atom. The Hall–Kier alpha value is -1.91. The zero-order valence-electron chi connectivity index (χ0n) is 18.8. The molecule has 8 heteroatoms. The summed E-state index contributed by atoms with van der Waals surface area (Å²) in [6, 6.07) is 14.7. The molecule has 2 aliphatic heterocycles. The second-order valence-corrected chi connectivity index (χ2v) is 7.95. The fourth-order valence-electron chi connectivity index (χ4n) is 4.16. The first-order valence-electron chi connectivity index (χ1n) is 11.3. The fraction of sp³-hybridized carbons (Fsp3) is 0.500. The summed E-state index contributed by atoms with van der Waals surface area (Å²) >= 11 is 0. The van der Waals surface area contributed by atoms with Crippen molar-refractivity contribution in [2.45, 2.75) is 32.5 Å². The fourth-order valence-corrected chi connectivity index (χ4v) is 4.16. The summed E-state index contributed by atoms with van der Waals surface area (Å²) in [6.07, 6.45) is 2.94. The van der Waals surface area contributed by atoms with Gasteiger partial charge in [0.25, 0.3) is 0 Å². The molecule has 4 rings (SSSR count). The molecule has 1 unspecified atom stereocenters. The smallest absolute Gasteiger partial charge is 0.218 e. The number of nitrogens with one attached hydrogen (secondary N) is 1. The number of aliphatic imine (C=N–C) groups is 1. The van der Waals surface area contributed by atoms with Crippen LogP contribution in [-0.4, -0.2) is 72.7 Å². The van der Waals surface area contributed by atoms with Crippen molar-refractivity contribution in [3.8, 4) is 5.88 Å². The van der Waals surface area contributed by atoms with Crippen molar-refractivity contribution >= 4 is 29.9 Å². The molecule has 2 saturated heterocycles. The van der Waals surface area contributed by atoms with E-state index in [-0.39, 0.29) is 24.0 Å². The normalized spacial score (nSPS) is 19.5. The molecule has 1 atom stereocenters. The summed E-state index contributed by atoms with van der Waals surface area (Å²) in [7, 11) is 0. The number of halogens is 1. The lowest BCUT2D eigenvalue weighted by Crippen LogP contribution is -2.46. The van der Waals surface area contributed by atoms with Crippen molar-refractivity contribution in [1.29, 1.82) is 0 Å². The molecule has 2 aromatic rings. The van der Waals surface area contributed by atoms with Crippen molar-refractivity contribution in [1.82, 2.24) is 20.1 Å². The highest BCUT2D eigenvalue weighted by atomic mass is 127. The molecule has 0 amide bonds. The van der Waals surface area contributed by atoms with Crippen LogP contribution in [0.1, 0.15) is 24.5 Å². The van der Waals surface area contributed by atoms with Gasteiger partial charge in [-0.3, -0.25) is 4.90 Å². The molecule has 7 nitrogen and oxygen atoms in total. The molecule has 0 spiro atoms. The number of benzene rings is 1. The predicted octanol–water partition coefficient (Wildman–Crippen LogP) is 3.15. The summed E-state index contributed by atoms with van der Waals surface area (Å²) in [4.78, 5) is 14.3. The van der Waals surface area contributed by atoms with Gasteiger partial charge in [-0.1, -0.05) is 36.4 Å². The molecule has 0 saturated carbocycles. The minimum absolute atomic E-state index is 0. The van der Waals surface area contributed by atoms with Gasteiger partial charge in [-0.25, -0.2) is 9.98 Å². The second-order valence-electron chi connectivity index (χ2n) is 7.95. The molecule has 1 N–H and O–H groups in total. The third-order valence-corrected chi connectivity index (χ3v) is 5.83. The third-order valence-electron chi connectivity index (χ3n) is 5.83. The van der Waals surface area contributed by atoms with Crippen molar-refractivity contribution in [3.05, 3.63) is 59.8 Å². The van der Waals surface area contributed by atoms with Gasteiger partial charge >= 0.3 is 0 Å². The first-order valence-corrected chi connectivity index (χ1v) is 11.3. The maximum absolute atomic E-state index is 6.00.